The van der Waals surface area contributed by atoms with Crippen molar-refractivity contribution < 1.29 is 19.0 Å². The summed E-state index contributed by atoms with van der Waals surface area (Å²) in [5, 5.41) is 21.1. The van der Waals surface area contributed by atoms with E-state index in [2.05, 4.69) is 15.5 Å². The van der Waals surface area contributed by atoms with E-state index in [0.717, 1.165) is 22.7 Å². The summed E-state index contributed by atoms with van der Waals surface area (Å²) in [5.74, 6) is 1.25. The fraction of sp³-hybridized carbons (Fsp3) is 0.250. The van der Waals surface area contributed by atoms with Crippen molar-refractivity contribution in [3.8, 4) is 23.3 Å². The average Bonchev–Trinajstić information content (AvgIpc) is 3.28. The second-order valence-electron chi connectivity index (χ2n) is 6.90. The summed E-state index contributed by atoms with van der Waals surface area (Å²) < 4.78 is 16.9. The van der Waals surface area contributed by atoms with Crippen molar-refractivity contribution in [1.29, 1.82) is 5.26 Å². The maximum atomic E-state index is 12.4. The van der Waals surface area contributed by atoms with Gasteiger partial charge in [-0.25, -0.2) is 0 Å². The number of nitrogens with zero attached hydrogens (tertiary/aromatic N) is 3. The summed E-state index contributed by atoms with van der Waals surface area (Å²) in [4.78, 5) is 12.4. The first-order valence-electron chi connectivity index (χ1n) is 10.3. The molecule has 1 amide bonds. The van der Waals surface area contributed by atoms with E-state index in [9.17, 15) is 10.1 Å². The average molecular weight is 465 g/mol. The van der Waals surface area contributed by atoms with Crippen molar-refractivity contribution in [2.75, 3.05) is 25.6 Å². The molecule has 3 rings (SSSR count). The first-order valence-corrected chi connectivity index (χ1v) is 11.1. The van der Waals surface area contributed by atoms with Crippen LogP contribution in [0.4, 0.5) is 5.13 Å². The predicted octanol–water partition coefficient (Wildman–Crippen LogP) is 4.42. The maximum Gasteiger partial charge on any atom is 0.268 e. The van der Waals surface area contributed by atoms with Crippen LogP contribution in [0.2, 0.25) is 0 Å². The number of anilines is 1. The van der Waals surface area contributed by atoms with E-state index in [-0.39, 0.29) is 5.57 Å². The Bertz CT molecular complexity index is 1180. The molecular weight excluding hydrogens is 440 g/mol. The smallest absolute Gasteiger partial charge is 0.268 e. The van der Waals surface area contributed by atoms with Crippen LogP contribution in [0.1, 0.15) is 23.1 Å². The third-order valence-corrected chi connectivity index (χ3v) is 5.44. The van der Waals surface area contributed by atoms with E-state index < -0.39 is 5.91 Å². The van der Waals surface area contributed by atoms with E-state index in [1.807, 2.05) is 44.2 Å². The zero-order valence-corrected chi connectivity index (χ0v) is 19.4. The molecular formula is C24H24N4O4S. The molecule has 3 aromatic rings. The quantitative estimate of drug-likeness (QED) is 0.269. The number of rotatable bonds is 10. The monoisotopic (exact) mass is 464 g/mol. The van der Waals surface area contributed by atoms with Gasteiger partial charge in [-0.2, -0.15) is 5.26 Å². The molecule has 0 spiro atoms. The number of hydrogen-bond acceptors (Lipinski definition) is 8. The number of aryl methyl sites for hydroxylation is 2. The molecule has 1 aromatic heterocycles. The summed E-state index contributed by atoms with van der Waals surface area (Å²) in [7, 11) is 1.53. The van der Waals surface area contributed by atoms with Gasteiger partial charge in [-0.1, -0.05) is 36.5 Å². The van der Waals surface area contributed by atoms with Crippen molar-refractivity contribution in [3.05, 3.63) is 64.2 Å². The molecule has 1 heterocycles. The van der Waals surface area contributed by atoms with Gasteiger partial charge in [-0.3, -0.25) is 10.1 Å². The summed E-state index contributed by atoms with van der Waals surface area (Å²) in [6, 6.07) is 14.9. The molecule has 0 unspecified atom stereocenters. The summed E-state index contributed by atoms with van der Waals surface area (Å²) in [6.45, 7) is 4.65. The fourth-order valence-corrected chi connectivity index (χ4v) is 3.51. The normalized spacial score (nSPS) is 10.9. The number of nitrogens with one attached hydrogen (secondary N) is 1. The molecule has 9 heteroatoms. The Balaban J connectivity index is 1.62. The summed E-state index contributed by atoms with van der Waals surface area (Å²) in [6.07, 6.45) is 2.20. The van der Waals surface area contributed by atoms with E-state index in [4.69, 9.17) is 14.2 Å². The minimum absolute atomic E-state index is 0.0643. The standard InChI is InChI=1S/C24H24N4O4S/c1-4-22-27-28-24(33-22)26-23(29)18(15-25)13-17-8-9-20(21(14-17)30-3)32-11-10-31-19-7-5-6-16(2)12-19/h5-9,12-14H,4,10-11H2,1-3H3,(H,26,28,29). The van der Waals surface area contributed by atoms with Crippen LogP contribution in [-0.4, -0.2) is 36.4 Å². The van der Waals surface area contributed by atoms with Gasteiger partial charge in [0.1, 0.15) is 35.6 Å². The molecule has 0 fully saturated rings. The van der Waals surface area contributed by atoms with Crippen LogP contribution in [0.5, 0.6) is 17.2 Å². The van der Waals surface area contributed by atoms with Crippen molar-refractivity contribution >= 4 is 28.5 Å². The second-order valence-corrected chi connectivity index (χ2v) is 7.96. The lowest BCUT2D eigenvalue weighted by atomic mass is 10.1. The number of amides is 1. The summed E-state index contributed by atoms with van der Waals surface area (Å²) in [5.41, 5.74) is 1.68. The zero-order chi connectivity index (χ0) is 23.6. The molecule has 1 N–H and O–H groups in total. The highest BCUT2D eigenvalue weighted by molar-refractivity contribution is 7.15. The van der Waals surface area contributed by atoms with Crippen LogP contribution in [0.3, 0.4) is 0 Å². The molecule has 0 bridgehead atoms. The number of carbonyl (C=O) groups excluding carboxylic acids is 1. The molecule has 33 heavy (non-hydrogen) atoms. The minimum atomic E-state index is -0.552. The topological polar surface area (TPSA) is 106 Å². The lowest BCUT2D eigenvalue weighted by molar-refractivity contribution is -0.112. The lowest BCUT2D eigenvalue weighted by Gasteiger charge is -2.12. The van der Waals surface area contributed by atoms with Crippen LogP contribution >= 0.6 is 11.3 Å². The molecule has 0 saturated carbocycles. The van der Waals surface area contributed by atoms with Crippen molar-refractivity contribution in [1.82, 2.24) is 10.2 Å². The molecule has 0 aliphatic heterocycles. The fourth-order valence-electron chi connectivity index (χ4n) is 2.84. The third kappa shape index (κ3) is 6.79. The number of carbonyl (C=O) groups is 1. The number of aromatic nitrogens is 2. The Morgan fingerprint density at radius 2 is 1.97 bits per heavy atom. The maximum absolute atomic E-state index is 12.4. The largest absolute Gasteiger partial charge is 0.493 e. The predicted molar refractivity (Wildman–Crippen MR) is 127 cm³/mol. The minimum Gasteiger partial charge on any atom is -0.493 e. The first kappa shape index (κ1) is 23.8. The van der Waals surface area contributed by atoms with Crippen LogP contribution in [-0.2, 0) is 11.2 Å². The van der Waals surface area contributed by atoms with Crippen molar-refractivity contribution in [2.24, 2.45) is 0 Å². The van der Waals surface area contributed by atoms with Gasteiger partial charge in [-0.05, 0) is 54.8 Å². The van der Waals surface area contributed by atoms with E-state index in [1.54, 1.807) is 18.2 Å². The molecule has 0 saturated heterocycles. The van der Waals surface area contributed by atoms with Gasteiger partial charge in [0.2, 0.25) is 5.13 Å². The number of ether oxygens (including phenoxy) is 3. The molecule has 0 aliphatic rings. The van der Waals surface area contributed by atoms with Crippen molar-refractivity contribution in [3.63, 3.8) is 0 Å². The van der Waals surface area contributed by atoms with E-state index in [0.29, 0.717) is 35.4 Å². The van der Waals surface area contributed by atoms with Crippen molar-refractivity contribution in [2.45, 2.75) is 20.3 Å². The Kier molecular flexibility index (Phi) is 8.38. The lowest BCUT2D eigenvalue weighted by Crippen LogP contribution is -2.13. The Hall–Kier alpha value is -3.90. The Morgan fingerprint density at radius 1 is 1.15 bits per heavy atom. The number of benzene rings is 2. The van der Waals surface area contributed by atoms with Gasteiger partial charge in [0.05, 0.1) is 7.11 Å². The van der Waals surface area contributed by atoms with Gasteiger partial charge in [-0.15, -0.1) is 10.2 Å². The van der Waals surface area contributed by atoms with Crippen LogP contribution in [0, 0.1) is 18.3 Å². The van der Waals surface area contributed by atoms with E-state index >= 15 is 0 Å². The van der Waals surface area contributed by atoms with Gasteiger partial charge in [0, 0.05) is 0 Å². The SMILES string of the molecule is CCc1nnc(NC(=O)C(C#N)=Cc2ccc(OCCOc3cccc(C)c3)c(OC)c2)s1. The van der Waals surface area contributed by atoms with Gasteiger partial charge >= 0.3 is 0 Å². The molecule has 8 nitrogen and oxygen atoms in total. The van der Waals surface area contributed by atoms with Crippen LogP contribution in [0.25, 0.3) is 6.08 Å². The number of nitriles is 1. The van der Waals surface area contributed by atoms with Gasteiger partial charge in [0.25, 0.3) is 5.91 Å². The number of methoxy groups -OCH3 is 1. The summed E-state index contributed by atoms with van der Waals surface area (Å²) >= 11 is 1.27. The zero-order valence-electron chi connectivity index (χ0n) is 18.6. The molecule has 0 atom stereocenters. The van der Waals surface area contributed by atoms with Crippen LogP contribution < -0.4 is 19.5 Å². The Morgan fingerprint density at radius 3 is 2.67 bits per heavy atom. The molecule has 0 radical (unpaired) electrons. The van der Waals surface area contributed by atoms with Gasteiger partial charge < -0.3 is 14.2 Å². The molecule has 170 valence electrons. The highest BCUT2D eigenvalue weighted by Gasteiger charge is 2.13. The van der Waals surface area contributed by atoms with Gasteiger partial charge in [0.15, 0.2) is 11.5 Å². The Labute approximate surface area is 196 Å². The molecule has 2 aromatic carbocycles. The van der Waals surface area contributed by atoms with Crippen LogP contribution in [0.15, 0.2) is 48.0 Å². The highest BCUT2D eigenvalue weighted by Crippen LogP contribution is 2.29. The first-order chi connectivity index (χ1) is 16.0. The molecule has 0 aliphatic carbocycles. The number of hydrogen-bond donors (Lipinski definition) is 1. The second kappa shape index (κ2) is 11.6. The third-order valence-electron chi connectivity index (χ3n) is 4.45. The highest BCUT2D eigenvalue weighted by atomic mass is 32.1. The van der Waals surface area contributed by atoms with E-state index in [1.165, 1.54) is 24.5 Å².